The largest absolute Gasteiger partial charge is 0.389 e. The van der Waals surface area contributed by atoms with Crippen molar-refractivity contribution >= 4 is 44.0 Å². The van der Waals surface area contributed by atoms with Gasteiger partial charge in [0.1, 0.15) is 4.99 Å². The first-order valence-corrected chi connectivity index (χ1v) is 14.7. The van der Waals surface area contributed by atoms with Gasteiger partial charge in [-0.05, 0) is 36.1 Å². The SMILES string of the molecule is CS(=O)(=O)N1CCC(n2cc(-c3cccc(C(N)=S)c3)c3ccc(CNC(=O)Cc4cnc[nH]4)cc32)CC1. The summed E-state index contributed by atoms with van der Waals surface area (Å²) in [5.74, 6) is -0.0897. The van der Waals surface area contributed by atoms with Gasteiger partial charge in [0.25, 0.3) is 0 Å². The number of hydrogen-bond donors (Lipinski definition) is 3. The molecule has 198 valence electrons. The highest BCUT2D eigenvalue weighted by atomic mass is 32.2. The number of piperidine rings is 1. The van der Waals surface area contributed by atoms with E-state index in [9.17, 15) is 13.2 Å². The highest BCUT2D eigenvalue weighted by molar-refractivity contribution is 7.88. The maximum atomic E-state index is 12.4. The molecular formula is C27H30N6O3S2. The van der Waals surface area contributed by atoms with Gasteiger partial charge in [0, 0.05) is 65.8 Å². The molecule has 38 heavy (non-hydrogen) atoms. The molecule has 4 N–H and O–H groups in total. The zero-order valence-corrected chi connectivity index (χ0v) is 22.7. The van der Waals surface area contributed by atoms with Crippen molar-refractivity contribution in [2.75, 3.05) is 19.3 Å². The van der Waals surface area contributed by atoms with Crippen LogP contribution in [-0.2, 0) is 27.8 Å². The molecule has 4 aromatic rings. The van der Waals surface area contributed by atoms with Crippen LogP contribution in [0.1, 0.15) is 35.7 Å². The maximum Gasteiger partial charge on any atom is 0.226 e. The number of amides is 1. The lowest BCUT2D eigenvalue weighted by atomic mass is 10.0. The molecule has 0 radical (unpaired) electrons. The highest BCUT2D eigenvalue weighted by Crippen LogP contribution is 2.36. The van der Waals surface area contributed by atoms with Gasteiger partial charge < -0.3 is 20.6 Å². The van der Waals surface area contributed by atoms with Crippen molar-refractivity contribution in [1.29, 1.82) is 0 Å². The molecule has 0 saturated carbocycles. The van der Waals surface area contributed by atoms with E-state index >= 15 is 0 Å². The monoisotopic (exact) mass is 550 g/mol. The maximum absolute atomic E-state index is 12.4. The Morgan fingerprint density at radius 2 is 2.00 bits per heavy atom. The number of nitrogens with one attached hydrogen (secondary N) is 2. The normalized spacial score (nSPS) is 15.1. The van der Waals surface area contributed by atoms with Crippen LogP contribution in [0.25, 0.3) is 22.0 Å². The number of rotatable bonds is 8. The number of carbonyl (C=O) groups excluding carboxylic acids is 1. The zero-order chi connectivity index (χ0) is 26.9. The van der Waals surface area contributed by atoms with Gasteiger partial charge in [-0.3, -0.25) is 4.79 Å². The van der Waals surface area contributed by atoms with Gasteiger partial charge in [0.2, 0.25) is 15.9 Å². The molecular weight excluding hydrogens is 520 g/mol. The Kier molecular flexibility index (Phi) is 7.33. The smallest absolute Gasteiger partial charge is 0.226 e. The molecule has 0 bridgehead atoms. The first-order valence-electron chi connectivity index (χ1n) is 12.4. The Balaban J connectivity index is 1.47. The first kappa shape index (κ1) is 26.1. The van der Waals surface area contributed by atoms with E-state index in [-0.39, 0.29) is 18.4 Å². The van der Waals surface area contributed by atoms with E-state index in [4.69, 9.17) is 18.0 Å². The summed E-state index contributed by atoms with van der Waals surface area (Å²) in [5.41, 5.74) is 11.5. The molecule has 2 aromatic heterocycles. The van der Waals surface area contributed by atoms with E-state index in [0.717, 1.165) is 38.9 Å². The van der Waals surface area contributed by atoms with Crippen molar-refractivity contribution in [2.24, 2.45) is 5.73 Å². The van der Waals surface area contributed by atoms with Gasteiger partial charge in [-0.2, -0.15) is 0 Å². The third kappa shape index (κ3) is 5.64. The Bertz CT molecular complexity index is 1590. The van der Waals surface area contributed by atoms with Crippen LogP contribution in [0.5, 0.6) is 0 Å². The molecule has 11 heteroatoms. The van der Waals surface area contributed by atoms with Crippen molar-refractivity contribution in [1.82, 2.24) is 24.2 Å². The molecule has 1 aliphatic rings. The van der Waals surface area contributed by atoms with Gasteiger partial charge in [-0.25, -0.2) is 17.7 Å². The number of nitrogens with two attached hydrogens (primary N) is 1. The number of carbonyl (C=O) groups is 1. The Hall–Kier alpha value is -3.54. The van der Waals surface area contributed by atoms with E-state index in [1.54, 1.807) is 16.8 Å². The summed E-state index contributed by atoms with van der Waals surface area (Å²) in [5, 5.41) is 4.06. The standard InChI is InChI=1S/C27H30N6O3S2/c1-38(35,36)32-9-7-22(8-10-32)33-16-24(19-3-2-4-20(12-19)27(28)37)23-6-5-18(11-25(23)33)14-30-26(34)13-21-15-29-17-31-21/h2-6,11-12,15-17,22H,7-10,13-14H2,1H3,(H2,28,37)(H,29,31)(H,30,34). The number of thiocarbonyl (C=S) groups is 1. The summed E-state index contributed by atoms with van der Waals surface area (Å²) >= 11 is 5.20. The molecule has 0 aliphatic carbocycles. The molecule has 1 saturated heterocycles. The second-order valence-electron chi connectivity index (χ2n) is 9.67. The fourth-order valence-corrected chi connectivity index (χ4v) is 6.05. The van der Waals surface area contributed by atoms with Crippen LogP contribution in [0.3, 0.4) is 0 Å². The Morgan fingerprint density at radius 1 is 1.21 bits per heavy atom. The lowest BCUT2D eigenvalue weighted by molar-refractivity contribution is -0.120. The minimum atomic E-state index is -3.21. The number of aromatic nitrogens is 3. The van der Waals surface area contributed by atoms with Crippen molar-refractivity contribution in [3.8, 4) is 11.1 Å². The van der Waals surface area contributed by atoms with E-state index in [2.05, 4.69) is 38.2 Å². The summed E-state index contributed by atoms with van der Waals surface area (Å²) in [6.45, 7) is 1.37. The topological polar surface area (TPSA) is 126 Å². The van der Waals surface area contributed by atoms with Gasteiger partial charge in [-0.15, -0.1) is 0 Å². The van der Waals surface area contributed by atoms with Crippen LogP contribution in [0.15, 0.2) is 61.2 Å². The average molecular weight is 551 g/mol. The lowest BCUT2D eigenvalue weighted by Crippen LogP contribution is -2.38. The molecule has 0 unspecified atom stereocenters. The summed E-state index contributed by atoms with van der Waals surface area (Å²) in [6.07, 6.45) is 8.27. The summed E-state index contributed by atoms with van der Waals surface area (Å²) in [4.78, 5) is 19.7. The van der Waals surface area contributed by atoms with Crippen LogP contribution < -0.4 is 11.1 Å². The Morgan fingerprint density at radius 3 is 2.68 bits per heavy atom. The van der Waals surface area contributed by atoms with Crippen LogP contribution >= 0.6 is 12.2 Å². The number of H-pyrrole nitrogens is 1. The quantitative estimate of drug-likeness (QED) is 0.290. The number of benzene rings is 2. The minimum absolute atomic E-state index is 0.0897. The van der Waals surface area contributed by atoms with Crippen molar-refractivity contribution < 1.29 is 13.2 Å². The van der Waals surface area contributed by atoms with E-state index in [1.807, 2.05) is 30.3 Å². The third-order valence-corrected chi connectivity index (χ3v) is 8.58. The number of nitrogens with zero attached hydrogens (tertiary/aromatic N) is 3. The fourth-order valence-electron chi connectivity index (χ4n) is 5.05. The summed E-state index contributed by atoms with van der Waals surface area (Å²) < 4.78 is 27.9. The number of aromatic amines is 1. The fraction of sp³-hybridized carbons (Fsp3) is 0.296. The molecule has 1 fully saturated rings. The lowest BCUT2D eigenvalue weighted by Gasteiger charge is -2.31. The molecule has 1 amide bonds. The van der Waals surface area contributed by atoms with Gasteiger partial charge >= 0.3 is 0 Å². The molecule has 9 nitrogen and oxygen atoms in total. The predicted molar refractivity (Wildman–Crippen MR) is 152 cm³/mol. The predicted octanol–water partition coefficient (Wildman–Crippen LogP) is 3.12. The average Bonchev–Trinajstić information content (AvgIpc) is 3.55. The zero-order valence-electron chi connectivity index (χ0n) is 21.1. The van der Waals surface area contributed by atoms with Crippen LogP contribution in [0.2, 0.25) is 0 Å². The molecule has 1 aliphatic heterocycles. The van der Waals surface area contributed by atoms with Crippen molar-refractivity contribution in [2.45, 2.75) is 31.8 Å². The third-order valence-electron chi connectivity index (χ3n) is 7.04. The molecule has 3 heterocycles. The van der Waals surface area contributed by atoms with Crippen molar-refractivity contribution in [3.63, 3.8) is 0 Å². The van der Waals surface area contributed by atoms with E-state index < -0.39 is 10.0 Å². The second kappa shape index (κ2) is 10.7. The van der Waals surface area contributed by atoms with E-state index in [0.29, 0.717) is 37.5 Å². The van der Waals surface area contributed by atoms with Crippen LogP contribution in [-0.4, -0.2) is 57.5 Å². The van der Waals surface area contributed by atoms with Crippen LogP contribution in [0, 0.1) is 0 Å². The summed E-state index contributed by atoms with van der Waals surface area (Å²) in [6, 6.07) is 14.2. The molecule has 0 atom stereocenters. The number of hydrogen-bond acceptors (Lipinski definition) is 5. The van der Waals surface area contributed by atoms with Crippen LogP contribution in [0.4, 0.5) is 0 Å². The second-order valence-corrected chi connectivity index (χ2v) is 12.1. The van der Waals surface area contributed by atoms with E-state index in [1.165, 1.54) is 6.26 Å². The minimum Gasteiger partial charge on any atom is -0.389 e. The molecule has 2 aromatic carbocycles. The van der Waals surface area contributed by atoms with Gasteiger partial charge in [-0.1, -0.05) is 42.5 Å². The first-order chi connectivity index (χ1) is 18.2. The number of sulfonamides is 1. The number of fused-ring (bicyclic) bond motifs is 1. The Labute approximate surface area is 227 Å². The van der Waals surface area contributed by atoms with Crippen molar-refractivity contribution in [3.05, 3.63) is 78.0 Å². The molecule has 0 spiro atoms. The number of imidazole rings is 1. The van der Waals surface area contributed by atoms with Gasteiger partial charge in [0.05, 0.1) is 19.0 Å². The van der Waals surface area contributed by atoms with Gasteiger partial charge in [0.15, 0.2) is 0 Å². The summed E-state index contributed by atoms with van der Waals surface area (Å²) in [7, 11) is -3.21. The molecule has 5 rings (SSSR count). The highest BCUT2D eigenvalue weighted by Gasteiger charge is 2.27.